The second-order valence-electron chi connectivity index (χ2n) is 6.00. The third kappa shape index (κ3) is 4.88. The lowest BCUT2D eigenvalue weighted by Gasteiger charge is -2.09. The van der Waals surface area contributed by atoms with Crippen molar-refractivity contribution in [2.45, 2.75) is 35.1 Å². The van der Waals surface area contributed by atoms with E-state index in [4.69, 9.17) is 0 Å². The van der Waals surface area contributed by atoms with Gasteiger partial charge in [-0.3, -0.25) is 0 Å². The molecule has 8 heteroatoms. The summed E-state index contributed by atoms with van der Waals surface area (Å²) in [5, 5.41) is 0. The maximum Gasteiger partial charge on any atom is 0.240 e. The number of nitrogens with one attached hydrogen (secondary N) is 2. The summed E-state index contributed by atoms with van der Waals surface area (Å²) >= 11 is 0. The van der Waals surface area contributed by atoms with E-state index in [2.05, 4.69) is 9.44 Å². The van der Waals surface area contributed by atoms with Crippen molar-refractivity contribution in [2.24, 2.45) is 0 Å². The van der Waals surface area contributed by atoms with Crippen LogP contribution in [0.5, 0.6) is 0 Å². The molecule has 2 aromatic rings. The van der Waals surface area contributed by atoms with Gasteiger partial charge in [0, 0.05) is 12.6 Å². The van der Waals surface area contributed by atoms with Crippen LogP contribution in [-0.4, -0.2) is 29.4 Å². The van der Waals surface area contributed by atoms with Crippen LogP contribution in [0.1, 0.15) is 18.4 Å². The van der Waals surface area contributed by atoms with Crippen molar-refractivity contribution < 1.29 is 16.8 Å². The average Bonchev–Trinajstić information content (AvgIpc) is 3.39. The highest BCUT2D eigenvalue weighted by atomic mass is 32.2. The van der Waals surface area contributed by atoms with Crippen LogP contribution in [0.3, 0.4) is 0 Å². The minimum atomic E-state index is -3.67. The van der Waals surface area contributed by atoms with E-state index in [-0.39, 0.29) is 22.4 Å². The van der Waals surface area contributed by atoms with Crippen LogP contribution in [0.2, 0.25) is 0 Å². The Morgan fingerprint density at radius 2 is 1.36 bits per heavy atom. The Kier molecular flexibility index (Phi) is 5.24. The van der Waals surface area contributed by atoms with Gasteiger partial charge in [-0.1, -0.05) is 30.3 Å². The van der Waals surface area contributed by atoms with Gasteiger partial charge < -0.3 is 0 Å². The van der Waals surface area contributed by atoms with Crippen molar-refractivity contribution in [3.63, 3.8) is 0 Å². The van der Waals surface area contributed by atoms with Gasteiger partial charge in [0.2, 0.25) is 20.0 Å². The fourth-order valence-electron chi connectivity index (χ4n) is 2.34. The van der Waals surface area contributed by atoms with E-state index in [0.29, 0.717) is 6.42 Å². The molecule has 0 bridgehead atoms. The van der Waals surface area contributed by atoms with E-state index < -0.39 is 20.0 Å². The first-order chi connectivity index (χ1) is 11.9. The Labute approximate surface area is 148 Å². The molecule has 3 rings (SSSR count). The fraction of sp³-hybridized carbons (Fsp3) is 0.294. The maximum atomic E-state index is 12.3. The topological polar surface area (TPSA) is 92.3 Å². The summed E-state index contributed by atoms with van der Waals surface area (Å²) in [6.45, 7) is 0.273. The molecule has 6 nitrogen and oxygen atoms in total. The molecule has 0 unspecified atom stereocenters. The molecule has 1 saturated carbocycles. The van der Waals surface area contributed by atoms with Crippen molar-refractivity contribution in [2.75, 3.05) is 6.54 Å². The van der Waals surface area contributed by atoms with Gasteiger partial charge in [-0.05, 0) is 49.1 Å². The van der Waals surface area contributed by atoms with E-state index in [9.17, 15) is 16.8 Å². The standard InChI is InChI=1S/C17H20N2O4S2/c20-24(21,18-13-12-14-4-2-1-3-5-14)16-8-10-17(11-9-16)25(22,23)19-15-6-7-15/h1-5,8-11,15,18-19H,6-7,12-13H2. The van der Waals surface area contributed by atoms with Gasteiger partial charge >= 0.3 is 0 Å². The van der Waals surface area contributed by atoms with Crippen LogP contribution in [0, 0.1) is 0 Å². The van der Waals surface area contributed by atoms with Crippen LogP contribution >= 0.6 is 0 Å². The molecular formula is C17H20N2O4S2. The van der Waals surface area contributed by atoms with E-state index in [1.165, 1.54) is 24.3 Å². The second-order valence-corrected chi connectivity index (χ2v) is 9.48. The Bertz CT molecular complexity index is 920. The summed E-state index contributed by atoms with van der Waals surface area (Å²) in [4.78, 5) is 0.119. The summed E-state index contributed by atoms with van der Waals surface area (Å²) in [5.41, 5.74) is 1.04. The normalized spacial score (nSPS) is 15.2. The van der Waals surface area contributed by atoms with E-state index in [1.807, 2.05) is 30.3 Å². The first-order valence-corrected chi connectivity index (χ1v) is 11.0. The second kappa shape index (κ2) is 7.25. The summed E-state index contributed by atoms with van der Waals surface area (Å²) in [5.74, 6) is 0. The lowest BCUT2D eigenvalue weighted by atomic mass is 10.2. The number of hydrogen-bond acceptors (Lipinski definition) is 4. The Balaban J connectivity index is 1.63. The van der Waals surface area contributed by atoms with Crippen LogP contribution in [0.4, 0.5) is 0 Å². The van der Waals surface area contributed by atoms with Crippen LogP contribution < -0.4 is 9.44 Å². The zero-order valence-electron chi connectivity index (χ0n) is 13.6. The molecule has 0 saturated heterocycles. The maximum absolute atomic E-state index is 12.3. The minimum Gasteiger partial charge on any atom is -0.211 e. The molecule has 2 aromatic carbocycles. The van der Waals surface area contributed by atoms with Crippen LogP contribution in [0.25, 0.3) is 0 Å². The monoisotopic (exact) mass is 380 g/mol. The highest BCUT2D eigenvalue weighted by Crippen LogP contribution is 2.22. The Morgan fingerprint density at radius 1 is 0.800 bits per heavy atom. The van der Waals surface area contributed by atoms with Gasteiger partial charge in [0.05, 0.1) is 9.79 Å². The first-order valence-electron chi connectivity index (χ1n) is 8.03. The SMILES string of the molecule is O=S(=O)(NCCc1ccccc1)c1ccc(S(=O)(=O)NC2CC2)cc1. The Morgan fingerprint density at radius 3 is 1.92 bits per heavy atom. The van der Waals surface area contributed by atoms with Crippen molar-refractivity contribution in [3.8, 4) is 0 Å². The highest BCUT2D eigenvalue weighted by molar-refractivity contribution is 7.90. The highest BCUT2D eigenvalue weighted by Gasteiger charge is 2.28. The van der Waals surface area contributed by atoms with Gasteiger partial charge in [-0.25, -0.2) is 26.3 Å². The predicted octanol–water partition coefficient (Wildman–Crippen LogP) is 1.65. The van der Waals surface area contributed by atoms with Gasteiger partial charge in [0.15, 0.2) is 0 Å². The molecule has 0 atom stereocenters. The number of benzene rings is 2. The molecule has 134 valence electrons. The Hall–Kier alpha value is -1.74. The smallest absolute Gasteiger partial charge is 0.211 e. The van der Waals surface area contributed by atoms with E-state index in [1.54, 1.807) is 0 Å². The molecule has 1 aliphatic carbocycles. The summed E-state index contributed by atoms with van der Waals surface area (Å²) < 4.78 is 53.9. The zero-order valence-corrected chi connectivity index (χ0v) is 15.2. The molecule has 1 aliphatic rings. The molecule has 0 radical (unpaired) electrons. The lowest BCUT2D eigenvalue weighted by molar-refractivity contribution is 0.577. The quantitative estimate of drug-likeness (QED) is 0.728. The number of sulfonamides is 2. The van der Waals surface area contributed by atoms with Crippen molar-refractivity contribution in [3.05, 3.63) is 60.2 Å². The molecule has 0 aliphatic heterocycles. The molecule has 0 spiro atoms. The third-order valence-corrected chi connectivity index (χ3v) is 6.91. The van der Waals surface area contributed by atoms with Crippen molar-refractivity contribution in [1.82, 2.24) is 9.44 Å². The molecule has 2 N–H and O–H groups in total. The lowest BCUT2D eigenvalue weighted by Crippen LogP contribution is -2.27. The average molecular weight is 380 g/mol. The molecule has 0 aromatic heterocycles. The van der Waals surface area contributed by atoms with Gasteiger partial charge in [0.25, 0.3) is 0 Å². The molecular weight excluding hydrogens is 360 g/mol. The summed E-state index contributed by atoms with van der Waals surface area (Å²) in [6, 6.07) is 14.8. The predicted molar refractivity (Wildman–Crippen MR) is 95.1 cm³/mol. The molecule has 1 fully saturated rings. The fourth-order valence-corrected chi connectivity index (χ4v) is 4.68. The minimum absolute atomic E-state index is 0.00747. The van der Waals surface area contributed by atoms with Crippen molar-refractivity contribution in [1.29, 1.82) is 0 Å². The van der Waals surface area contributed by atoms with E-state index in [0.717, 1.165) is 18.4 Å². The van der Waals surface area contributed by atoms with Gasteiger partial charge in [-0.2, -0.15) is 0 Å². The zero-order chi connectivity index (χ0) is 17.9. The number of rotatable bonds is 8. The van der Waals surface area contributed by atoms with Gasteiger partial charge in [0.1, 0.15) is 0 Å². The molecule has 0 amide bonds. The number of hydrogen-bond donors (Lipinski definition) is 2. The van der Waals surface area contributed by atoms with E-state index >= 15 is 0 Å². The van der Waals surface area contributed by atoms with Crippen LogP contribution in [-0.2, 0) is 26.5 Å². The molecule has 25 heavy (non-hydrogen) atoms. The van der Waals surface area contributed by atoms with Crippen LogP contribution in [0.15, 0.2) is 64.4 Å². The largest absolute Gasteiger partial charge is 0.240 e. The van der Waals surface area contributed by atoms with Gasteiger partial charge in [-0.15, -0.1) is 0 Å². The summed E-state index contributed by atoms with van der Waals surface area (Å²) in [7, 11) is -7.25. The molecule has 0 heterocycles. The summed E-state index contributed by atoms with van der Waals surface area (Å²) in [6.07, 6.45) is 2.27. The third-order valence-electron chi connectivity index (χ3n) is 3.89. The van der Waals surface area contributed by atoms with Crippen molar-refractivity contribution >= 4 is 20.0 Å². The first kappa shape index (κ1) is 18.1.